The fourth-order valence-corrected chi connectivity index (χ4v) is 2.95. The zero-order valence-electron chi connectivity index (χ0n) is 12.2. The number of ether oxygens (including phenoxy) is 2. The molecule has 0 radical (unpaired) electrons. The standard InChI is InChI=1S/C15H15ClN2O4/c1-3-8-13(11-7-10(15(19)20)17-18(11)2)9(16)6-12-14(8)22-5-4-21-12/h6-7H,3-5H2,1-2H3,(H,19,20). The summed E-state index contributed by atoms with van der Waals surface area (Å²) in [5.74, 6) is 0.220. The molecule has 1 aromatic heterocycles. The number of rotatable bonds is 3. The van der Waals surface area contributed by atoms with Gasteiger partial charge >= 0.3 is 5.97 Å². The number of aromatic nitrogens is 2. The Balaban J connectivity index is 2.24. The Hall–Kier alpha value is -2.21. The summed E-state index contributed by atoms with van der Waals surface area (Å²) in [5.41, 5.74) is 2.24. The summed E-state index contributed by atoms with van der Waals surface area (Å²) in [4.78, 5) is 11.1. The van der Waals surface area contributed by atoms with E-state index in [1.54, 1.807) is 13.1 Å². The van der Waals surface area contributed by atoms with Gasteiger partial charge in [-0.1, -0.05) is 18.5 Å². The second-order valence-corrected chi connectivity index (χ2v) is 5.34. The largest absolute Gasteiger partial charge is 0.486 e. The van der Waals surface area contributed by atoms with Crippen LogP contribution in [0, 0.1) is 0 Å². The third kappa shape index (κ3) is 2.29. The van der Waals surface area contributed by atoms with E-state index in [0.29, 0.717) is 41.9 Å². The normalized spacial score (nSPS) is 13.2. The minimum atomic E-state index is -1.08. The minimum Gasteiger partial charge on any atom is -0.486 e. The molecule has 0 amide bonds. The zero-order chi connectivity index (χ0) is 15.9. The van der Waals surface area contributed by atoms with Gasteiger partial charge in [-0.05, 0) is 12.5 Å². The van der Waals surface area contributed by atoms with Crippen molar-refractivity contribution in [2.75, 3.05) is 13.2 Å². The monoisotopic (exact) mass is 322 g/mol. The van der Waals surface area contributed by atoms with Crippen LogP contribution in [-0.4, -0.2) is 34.1 Å². The van der Waals surface area contributed by atoms with Crippen molar-refractivity contribution in [2.45, 2.75) is 13.3 Å². The Morgan fingerprint density at radius 3 is 2.77 bits per heavy atom. The predicted molar refractivity (Wildman–Crippen MR) is 81.0 cm³/mol. The van der Waals surface area contributed by atoms with Crippen LogP contribution in [0.15, 0.2) is 12.1 Å². The summed E-state index contributed by atoms with van der Waals surface area (Å²) >= 11 is 6.42. The minimum absolute atomic E-state index is 0.0227. The first-order valence-corrected chi connectivity index (χ1v) is 7.29. The molecule has 3 rings (SSSR count). The Labute approximate surface area is 132 Å². The lowest BCUT2D eigenvalue weighted by Gasteiger charge is -2.23. The van der Waals surface area contributed by atoms with E-state index in [2.05, 4.69) is 5.10 Å². The molecule has 0 atom stereocenters. The fraction of sp³-hybridized carbons (Fsp3) is 0.333. The molecule has 1 N–H and O–H groups in total. The van der Waals surface area contributed by atoms with Gasteiger partial charge < -0.3 is 14.6 Å². The molecule has 116 valence electrons. The first kappa shape index (κ1) is 14.7. The lowest BCUT2D eigenvalue weighted by atomic mass is 9.99. The smallest absolute Gasteiger partial charge is 0.356 e. The van der Waals surface area contributed by atoms with Gasteiger partial charge in [-0.15, -0.1) is 0 Å². The van der Waals surface area contributed by atoms with Crippen LogP contribution in [0.2, 0.25) is 5.02 Å². The van der Waals surface area contributed by atoms with E-state index < -0.39 is 5.97 Å². The number of benzene rings is 1. The lowest BCUT2D eigenvalue weighted by molar-refractivity contribution is 0.0689. The van der Waals surface area contributed by atoms with Crippen LogP contribution in [0.4, 0.5) is 0 Å². The molecule has 2 aromatic rings. The molecule has 1 aromatic carbocycles. The van der Waals surface area contributed by atoms with Crippen molar-refractivity contribution in [2.24, 2.45) is 7.05 Å². The molecule has 1 aliphatic heterocycles. The van der Waals surface area contributed by atoms with Crippen molar-refractivity contribution in [3.63, 3.8) is 0 Å². The molecule has 7 heteroatoms. The van der Waals surface area contributed by atoms with Gasteiger partial charge in [0.15, 0.2) is 17.2 Å². The number of hydrogen-bond donors (Lipinski definition) is 1. The molecule has 0 saturated carbocycles. The van der Waals surface area contributed by atoms with Crippen molar-refractivity contribution >= 4 is 17.6 Å². The van der Waals surface area contributed by atoms with Crippen molar-refractivity contribution in [3.05, 3.63) is 28.4 Å². The summed E-state index contributed by atoms with van der Waals surface area (Å²) in [6, 6.07) is 3.22. The van der Waals surface area contributed by atoms with E-state index in [1.807, 2.05) is 6.92 Å². The molecule has 22 heavy (non-hydrogen) atoms. The Morgan fingerprint density at radius 1 is 1.41 bits per heavy atom. The molecule has 0 fully saturated rings. The lowest BCUT2D eigenvalue weighted by Crippen LogP contribution is -2.17. The second-order valence-electron chi connectivity index (χ2n) is 4.93. The van der Waals surface area contributed by atoms with Gasteiger partial charge in [-0.25, -0.2) is 4.79 Å². The summed E-state index contributed by atoms with van der Waals surface area (Å²) in [6.45, 7) is 2.95. The van der Waals surface area contributed by atoms with Crippen LogP contribution in [0.5, 0.6) is 11.5 Å². The van der Waals surface area contributed by atoms with E-state index in [9.17, 15) is 4.79 Å². The first-order valence-electron chi connectivity index (χ1n) is 6.91. The van der Waals surface area contributed by atoms with Crippen LogP contribution >= 0.6 is 11.6 Å². The number of fused-ring (bicyclic) bond motifs is 1. The molecule has 0 spiro atoms. The second kappa shape index (κ2) is 5.53. The number of hydrogen-bond acceptors (Lipinski definition) is 4. The Morgan fingerprint density at radius 2 is 2.14 bits per heavy atom. The van der Waals surface area contributed by atoms with Gasteiger partial charge in [0.25, 0.3) is 0 Å². The Kier molecular flexibility index (Phi) is 3.70. The van der Waals surface area contributed by atoms with Gasteiger partial charge in [-0.3, -0.25) is 4.68 Å². The molecular formula is C15H15ClN2O4. The molecule has 0 bridgehead atoms. The highest BCUT2D eigenvalue weighted by Crippen LogP contribution is 2.44. The van der Waals surface area contributed by atoms with E-state index in [-0.39, 0.29) is 5.69 Å². The van der Waals surface area contributed by atoms with Crippen LogP contribution in [0.25, 0.3) is 11.3 Å². The van der Waals surface area contributed by atoms with Crippen molar-refractivity contribution in [1.82, 2.24) is 9.78 Å². The molecule has 1 aliphatic rings. The zero-order valence-corrected chi connectivity index (χ0v) is 13.0. The quantitative estimate of drug-likeness (QED) is 0.940. The van der Waals surface area contributed by atoms with Crippen LogP contribution in [0.3, 0.4) is 0 Å². The van der Waals surface area contributed by atoms with E-state index in [4.69, 9.17) is 26.2 Å². The SMILES string of the molecule is CCc1c2c(cc(Cl)c1-c1cc(C(=O)O)nn1C)OCCO2. The molecule has 0 aliphatic carbocycles. The number of carboxylic acid groups (broad SMARTS) is 1. The topological polar surface area (TPSA) is 73.6 Å². The highest BCUT2D eigenvalue weighted by molar-refractivity contribution is 6.33. The van der Waals surface area contributed by atoms with Gasteiger partial charge in [0.1, 0.15) is 13.2 Å². The van der Waals surface area contributed by atoms with E-state index in [0.717, 1.165) is 11.1 Å². The van der Waals surface area contributed by atoms with Crippen LogP contribution in [0.1, 0.15) is 23.0 Å². The summed E-state index contributed by atoms with van der Waals surface area (Å²) in [6.07, 6.45) is 0.676. The highest BCUT2D eigenvalue weighted by Gasteiger charge is 2.25. The highest BCUT2D eigenvalue weighted by atomic mass is 35.5. The van der Waals surface area contributed by atoms with E-state index >= 15 is 0 Å². The molecule has 2 heterocycles. The van der Waals surface area contributed by atoms with Crippen molar-refractivity contribution < 1.29 is 19.4 Å². The predicted octanol–water partition coefficient (Wildman–Crippen LogP) is 2.77. The number of aromatic carboxylic acids is 1. The van der Waals surface area contributed by atoms with Gasteiger partial charge in [0.05, 0.1) is 10.7 Å². The average molecular weight is 323 g/mol. The maximum absolute atomic E-state index is 11.1. The Bertz CT molecular complexity index is 754. The number of nitrogens with zero attached hydrogens (tertiary/aromatic N) is 2. The first-order chi connectivity index (χ1) is 10.5. The molecule has 0 saturated heterocycles. The molecule has 0 unspecified atom stereocenters. The summed E-state index contributed by atoms with van der Waals surface area (Å²) in [5, 5.41) is 13.6. The fourth-order valence-electron chi connectivity index (χ4n) is 2.64. The number of aryl methyl sites for hydroxylation is 1. The number of carbonyl (C=O) groups is 1. The van der Waals surface area contributed by atoms with Crippen molar-refractivity contribution in [1.29, 1.82) is 0 Å². The third-order valence-electron chi connectivity index (χ3n) is 3.59. The maximum atomic E-state index is 11.1. The molecular weight excluding hydrogens is 308 g/mol. The summed E-state index contributed by atoms with van der Waals surface area (Å²) < 4.78 is 12.8. The maximum Gasteiger partial charge on any atom is 0.356 e. The van der Waals surface area contributed by atoms with Gasteiger partial charge in [0, 0.05) is 24.2 Å². The number of halogens is 1. The average Bonchev–Trinajstić information content (AvgIpc) is 2.87. The van der Waals surface area contributed by atoms with Crippen LogP contribution in [-0.2, 0) is 13.5 Å². The number of carboxylic acids is 1. The third-order valence-corrected chi connectivity index (χ3v) is 3.89. The summed E-state index contributed by atoms with van der Waals surface area (Å²) in [7, 11) is 1.69. The van der Waals surface area contributed by atoms with Gasteiger partial charge in [0.2, 0.25) is 0 Å². The van der Waals surface area contributed by atoms with Gasteiger partial charge in [-0.2, -0.15) is 5.10 Å². The van der Waals surface area contributed by atoms with E-state index in [1.165, 1.54) is 10.7 Å². The van der Waals surface area contributed by atoms with Crippen LogP contribution < -0.4 is 9.47 Å². The van der Waals surface area contributed by atoms with Crippen molar-refractivity contribution in [3.8, 4) is 22.8 Å². The molecule has 6 nitrogen and oxygen atoms in total.